The number of benzene rings is 2. The molecular weight excluding hydrogens is 390 g/mol. The molecule has 0 radical (unpaired) electrons. The van der Waals surface area contributed by atoms with Gasteiger partial charge in [0.05, 0.1) is 6.04 Å². The quantitative estimate of drug-likeness (QED) is 0.539. The number of carbonyl (C=O) groups excluding carboxylic acids is 1. The number of nitrogens with one attached hydrogen (secondary N) is 1. The van der Waals surface area contributed by atoms with E-state index in [4.69, 9.17) is 9.15 Å². The molecule has 0 spiro atoms. The minimum atomic E-state index is -0.665. The van der Waals surface area contributed by atoms with E-state index < -0.39 is 23.6 Å². The number of rotatable bonds is 6. The molecule has 158 valence electrons. The van der Waals surface area contributed by atoms with Gasteiger partial charge in [0.25, 0.3) is 5.91 Å². The minimum absolute atomic E-state index is 0.00152. The molecule has 1 aromatic heterocycles. The summed E-state index contributed by atoms with van der Waals surface area (Å²) in [5.41, 5.74) is 2.40. The summed E-state index contributed by atoms with van der Waals surface area (Å²) in [5.74, 6) is -0.985. The number of nitrogens with zero attached hydrogens (tertiary/aromatic N) is 1. The predicted molar refractivity (Wildman–Crippen MR) is 109 cm³/mol. The summed E-state index contributed by atoms with van der Waals surface area (Å²) < 4.78 is 38.5. The van der Waals surface area contributed by atoms with Gasteiger partial charge < -0.3 is 14.5 Å². The first kappa shape index (κ1) is 21.5. The molecule has 1 heterocycles. The van der Waals surface area contributed by atoms with E-state index in [9.17, 15) is 13.6 Å². The lowest BCUT2D eigenvalue weighted by Crippen LogP contribution is -2.27. The number of oxazole rings is 1. The Kier molecular flexibility index (Phi) is 6.20. The van der Waals surface area contributed by atoms with Crippen molar-refractivity contribution in [2.24, 2.45) is 0 Å². The number of halogens is 2. The number of aryl methyl sites for hydroxylation is 1. The fraction of sp³-hybridized carbons (Fsp3) is 0.304. The highest BCUT2D eigenvalue weighted by Gasteiger charge is 2.19. The first-order valence-corrected chi connectivity index (χ1v) is 9.65. The Balaban J connectivity index is 1.71. The third kappa shape index (κ3) is 4.84. The SMILES string of the molecule is Cc1cc(Oc2nc(C(=O)N[C@H](C)c3cc(F)c(C)c(F)c3)co2)cc(C(C)C)c1. The molecule has 0 aliphatic rings. The molecule has 7 heteroatoms. The number of amides is 1. The summed E-state index contributed by atoms with van der Waals surface area (Å²) in [6, 6.07) is 7.58. The van der Waals surface area contributed by atoms with Crippen molar-refractivity contribution in [1.29, 1.82) is 0 Å². The normalized spacial score (nSPS) is 12.1. The van der Waals surface area contributed by atoms with Crippen LogP contribution in [0.15, 0.2) is 41.0 Å². The Morgan fingerprint density at radius 3 is 2.33 bits per heavy atom. The Hall–Kier alpha value is -3.22. The van der Waals surface area contributed by atoms with Gasteiger partial charge in [-0.05, 0) is 67.6 Å². The van der Waals surface area contributed by atoms with Gasteiger partial charge in [-0.2, -0.15) is 4.98 Å². The lowest BCUT2D eigenvalue weighted by Gasteiger charge is -2.14. The first-order chi connectivity index (χ1) is 14.1. The van der Waals surface area contributed by atoms with Crippen LogP contribution < -0.4 is 10.1 Å². The van der Waals surface area contributed by atoms with E-state index in [0.29, 0.717) is 17.2 Å². The van der Waals surface area contributed by atoms with Crippen molar-refractivity contribution in [2.75, 3.05) is 0 Å². The van der Waals surface area contributed by atoms with Crippen LogP contribution in [0.5, 0.6) is 11.8 Å². The molecule has 0 saturated carbocycles. The largest absolute Gasteiger partial charge is 0.416 e. The Morgan fingerprint density at radius 2 is 1.70 bits per heavy atom. The van der Waals surface area contributed by atoms with Gasteiger partial charge in [-0.25, -0.2) is 8.78 Å². The average molecular weight is 414 g/mol. The van der Waals surface area contributed by atoms with Gasteiger partial charge in [0.2, 0.25) is 0 Å². The zero-order valence-corrected chi connectivity index (χ0v) is 17.5. The number of hydrogen-bond donors (Lipinski definition) is 1. The van der Waals surface area contributed by atoms with Crippen molar-refractivity contribution in [3.63, 3.8) is 0 Å². The molecule has 1 amide bonds. The maximum atomic E-state index is 13.8. The lowest BCUT2D eigenvalue weighted by atomic mass is 10.0. The average Bonchev–Trinajstić information content (AvgIpc) is 3.13. The molecule has 30 heavy (non-hydrogen) atoms. The maximum Gasteiger partial charge on any atom is 0.399 e. The summed E-state index contributed by atoms with van der Waals surface area (Å²) in [6.45, 7) is 9.11. The standard InChI is InChI=1S/C23H24F2N2O3/c1-12(2)16-6-13(3)7-18(8-16)30-23-27-21(11-29-23)22(28)26-15(5)17-9-19(24)14(4)20(25)10-17/h6-12,15H,1-5H3,(H,26,28)/t15-/m1/s1. The zero-order valence-electron chi connectivity index (χ0n) is 17.5. The second-order valence-electron chi connectivity index (χ2n) is 7.64. The van der Waals surface area contributed by atoms with Crippen LogP contribution in [0.3, 0.4) is 0 Å². The van der Waals surface area contributed by atoms with Crippen molar-refractivity contribution in [3.8, 4) is 11.8 Å². The number of carbonyl (C=O) groups is 1. The minimum Gasteiger partial charge on any atom is -0.416 e. The molecule has 0 aliphatic carbocycles. The summed E-state index contributed by atoms with van der Waals surface area (Å²) in [6.07, 6.45) is 1.10. The highest BCUT2D eigenvalue weighted by Crippen LogP contribution is 2.27. The van der Waals surface area contributed by atoms with Crippen LogP contribution in [-0.2, 0) is 0 Å². The van der Waals surface area contributed by atoms with Crippen LogP contribution >= 0.6 is 0 Å². The van der Waals surface area contributed by atoms with Gasteiger partial charge in [0, 0.05) is 5.56 Å². The van der Waals surface area contributed by atoms with Crippen molar-refractivity contribution < 1.29 is 22.7 Å². The monoisotopic (exact) mass is 414 g/mol. The van der Waals surface area contributed by atoms with Gasteiger partial charge >= 0.3 is 6.08 Å². The topological polar surface area (TPSA) is 64.4 Å². The molecule has 1 atom stereocenters. The number of ether oxygens (including phenoxy) is 1. The Bertz CT molecular complexity index is 1050. The lowest BCUT2D eigenvalue weighted by molar-refractivity contribution is 0.0934. The van der Waals surface area contributed by atoms with Crippen LogP contribution in [0.25, 0.3) is 0 Å². The smallest absolute Gasteiger partial charge is 0.399 e. The third-order valence-electron chi connectivity index (χ3n) is 4.81. The Morgan fingerprint density at radius 1 is 1.03 bits per heavy atom. The molecule has 1 N–H and O–H groups in total. The second kappa shape index (κ2) is 8.65. The van der Waals surface area contributed by atoms with E-state index in [1.54, 1.807) is 6.92 Å². The molecule has 3 aromatic rings. The van der Waals surface area contributed by atoms with E-state index >= 15 is 0 Å². The molecule has 3 rings (SSSR count). The van der Waals surface area contributed by atoms with Crippen LogP contribution in [0.1, 0.15) is 65.5 Å². The summed E-state index contributed by atoms with van der Waals surface area (Å²) in [5, 5.41) is 2.65. The van der Waals surface area contributed by atoms with Crippen molar-refractivity contribution in [2.45, 2.75) is 46.6 Å². The van der Waals surface area contributed by atoms with Gasteiger partial charge in [-0.15, -0.1) is 0 Å². The van der Waals surface area contributed by atoms with E-state index in [1.165, 1.54) is 25.3 Å². The maximum absolute atomic E-state index is 13.8. The molecule has 0 unspecified atom stereocenters. The number of hydrogen-bond acceptors (Lipinski definition) is 4. The molecule has 0 bridgehead atoms. The molecular formula is C23H24F2N2O3. The van der Waals surface area contributed by atoms with E-state index in [-0.39, 0.29) is 17.3 Å². The van der Waals surface area contributed by atoms with Gasteiger partial charge in [-0.1, -0.05) is 19.9 Å². The fourth-order valence-corrected chi connectivity index (χ4v) is 2.95. The molecule has 0 aliphatic heterocycles. The van der Waals surface area contributed by atoms with Crippen molar-refractivity contribution in [3.05, 3.63) is 76.2 Å². The predicted octanol–water partition coefficient (Wildman–Crippen LogP) is 5.98. The number of aromatic nitrogens is 1. The highest BCUT2D eigenvalue weighted by atomic mass is 19.1. The zero-order chi connectivity index (χ0) is 22.0. The van der Waals surface area contributed by atoms with E-state index in [2.05, 4.69) is 30.2 Å². The van der Waals surface area contributed by atoms with Crippen LogP contribution in [0, 0.1) is 25.5 Å². The van der Waals surface area contributed by atoms with Crippen molar-refractivity contribution in [1.82, 2.24) is 10.3 Å². The second-order valence-corrected chi connectivity index (χ2v) is 7.64. The summed E-state index contributed by atoms with van der Waals surface area (Å²) >= 11 is 0. The van der Waals surface area contributed by atoms with Gasteiger partial charge in [0.1, 0.15) is 23.6 Å². The molecule has 0 fully saturated rings. The van der Waals surface area contributed by atoms with E-state index in [0.717, 1.165) is 11.1 Å². The van der Waals surface area contributed by atoms with Crippen LogP contribution in [0.4, 0.5) is 8.78 Å². The van der Waals surface area contributed by atoms with Crippen molar-refractivity contribution >= 4 is 5.91 Å². The van der Waals surface area contributed by atoms with Crippen LogP contribution in [0.2, 0.25) is 0 Å². The molecule has 5 nitrogen and oxygen atoms in total. The van der Waals surface area contributed by atoms with E-state index in [1.807, 2.05) is 19.1 Å². The highest BCUT2D eigenvalue weighted by molar-refractivity contribution is 5.92. The first-order valence-electron chi connectivity index (χ1n) is 9.65. The van der Waals surface area contributed by atoms with Gasteiger partial charge in [-0.3, -0.25) is 4.79 Å². The van der Waals surface area contributed by atoms with Crippen LogP contribution in [-0.4, -0.2) is 10.9 Å². The van der Waals surface area contributed by atoms with Gasteiger partial charge in [0.15, 0.2) is 5.69 Å². The fourth-order valence-electron chi connectivity index (χ4n) is 2.95. The Labute approximate surface area is 174 Å². The summed E-state index contributed by atoms with van der Waals surface area (Å²) in [7, 11) is 0. The third-order valence-corrected chi connectivity index (χ3v) is 4.81. The molecule has 0 saturated heterocycles. The summed E-state index contributed by atoms with van der Waals surface area (Å²) in [4.78, 5) is 16.5. The molecule has 2 aromatic carbocycles.